The number of likely N-dealkylation sites (N-methyl/N-ethyl adjacent to an activating group) is 1. The number of benzene rings is 1. The van der Waals surface area contributed by atoms with Gasteiger partial charge < -0.3 is 10.2 Å². The van der Waals surface area contributed by atoms with Crippen LogP contribution in [-0.2, 0) is 22.4 Å². The predicted octanol–water partition coefficient (Wildman–Crippen LogP) is 1.63. The lowest BCUT2D eigenvalue weighted by molar-refractivity contribution is -0.117. The van der Waals surface area contributed by atoms with Gasteiger partial charge in [-0.25, -0.2) is 0 Å². The highest BCUT2D eigenvalue weighted by atomic mass is 16.1. The van der Waals surface area contributed by atoms with E-state index in [-0.39, 0.29) is 11.7 Å². The second kappa shape index (κ2) is 5.97. The Morgan fingerprint density at radius 2 is 2.16 bits per heavy atom. The Labute approximate surface area is 113 Å². The average Bonchev–Trinajstić information content (AvgIpc) is 2.73. The Morgan fingerprint density at radius 1 is 1.37 bits per heavy atom. The van der Waals surface area contributed by atoms with Crippen molar-refractivity contribution < 1.29 is 9.59 Å². The Kier molecular flexibility index (Phi) is 4.32. The van der Waals surface area contributed by atoms with Crippen LogP contribution >= 0.6 is 0 Å². The summed E-state index contributed by atoms with van der Waals surface area (Å²) in [6.07, 6.45) is 2.04. The van der Waals surface area contributed by atoms with Crippen LogP contribution < -0.4 is 5.32 Å². The summed E-state index contributed by atoms with van der Waals surface area (Å²) in [4.78, 5) is 24.4. The molecular weight excluding hydrogens is 240 g/mol. The molecule has 0 saturated heterocycles. The van der Waals surface area contributed by atoms with Crippen LogP contribution in [-0.4, -0.2) is 36.7 Å². The third-order valence-electron chi connectivity index (χ3n) is 3.42. The maximum Gasteiger partial charge on any atom is 0.228 e. The second-order valence-electron chi connectivity index (χ2n) is 5.22. The van der Waals surface area contributed by atoms with E-state index in [0.717, 1.165) is 30.8 Å². The van der Waals surface area contributed by atoms with Gasteiger partial charge in [0.2, 0.25) is 5.91 Å². The first kappa shape index (κ1) is 13.7. The minimum absolute atomic E-state index is 0.0747. The molecule has 0 spiro atoms. The van der Waals surface area contributed by atoms with Gasteiger partial charge in [-0.3, -0.25) is 9.59 Å². The largest absolute Gasteiger partial charge is 0.326 e. The Morgan fingerprint density at radius 3 is 2.89 bits per heavy atom. The Bertz CT molecular complexity index is 497. The van der Waals surface area contributed by atoms with Crippen molar-refractivity contribution in [2.75, 3.05) is 25.5 Å². The van der Waals surface area contributed by atoms with E-state index >= 15 is 0 Å². The fourth-order valence-electron chi connectivity index (χ4n) is 2.22. The Balaban J connectivity index is 1.85. The molecule has 1 amide bonds. The van der Waals surface area contributed by atoms with Crippen molar-refractivity contribution >= 4 is 17.4 Å². The molecule has 1 aliphatic rings. The van der Waals surface area contributed by atoms with E-state index in [1.165, 1.54) is 5.56 Å². The smallest absolute Gasteiger partial charge is 0.228 e. The zero-order valence-corrected chi connectivity index (χ0v) is 11.5. The third-order valence-corrected chi connectivity index (χ3v) is 3.42. The molecule has 4 nitrogen and oxygen atoms in total. The highest BCUT2D eigenvalue weighted by Crippen LogP contribution is 2.23. The lowest BCUT2D eigenvalue weighted by Crippen LogP contribution is -2.23. The fraction of sp³-hybridized carbons (Fsp3) is 0.467. The molecule has 0 aromatic heterocycles. The third kappa shape index (κ3) is 3.89. The van der Waals surface area contributed by atoms with Gasteiger partial charge in [0.1, 0.15) is 5.78 Å². The number of nitrogens with zero attached hydrogens (tertiary/aromatic N) is 1. The van der Waals surface area contributed by atoms with E-state index in [1.807, 2.05) is 13.1 Å². The molecule has 1 aliphatic heterocycles. The van der Waals surface area contributed by atoms with E-state index in [1.54, 1.807) is 6.92 Å². The summed E-state index contributed by atoms with van der Waals surface area (Å²) in [5.41, 5.74) is 3.28. The van der Waals surface area contributed by atoms with Gasteiger partial charge in [-0.05, 0) is 37.6 Å². The first-order chi connectivity index (χ1) is 9.04. The van der Waals surface area contributed by atoms with Crippen molar-refractivity contribution in [2.24, 2.45) is 0 Å². The van der Waals surface area contributed by atoms with E-state index in [4.69, 9.17) is 0 Å². The van der Waals surface area contributed by atoms with Crippen LogP contribution in [0.3, 0.4) is 0 Å². The maximum atomic E-state index is 11.3. The number of fused-ring (bicyclic) bond motifs is 1. The molecule has 0 atom stereocenters. The minimum atomic E-state index is 0.0747. The predicted molar refractivity (Wildman–Crippen MR) is 75.3 cm³/mol. The molecule has 0 aliphatic carbocycles. The lowest BCUT2D eigenvalue weighted by atomic mass is 10.1. The van der Waals surface area contributed by atoms with Crippen LogP contribution in [0.5, 0.6) is 0 Å². The van der Waals surface area contributed by atoms with Crippen molar-refractivity contribution in [3.8, 4) is 0 Å². The summed E-state index contributed by atoms with van der Waals surface area (Å²) < 4.78 is 0. The average molecular weight is 260 g/mol. The lowest BCUT2D eigenvalue weighted by Gasteiger charge is -2.15. The summed E-state index contributed by atoms with van der Waals surface area (Å²) >= 11 is 0. The summed E-state index contributed by atoms with van der Waals surface area (Å²) in [5.74, 6) is 0.305. The second-order valence-corrected chi connectivity index (χ2v) is 5.22. The molecule has 1 aromatic carbocycles. The van der Waals surface area contributed by atoms with Gasteiger partial charge in [-0.15, -0.1) is 0 Å². The van der Waals surface area contributed by atoms with Gasteiger partial charge >= 0.3 is 0 Å². The molecule has 102 valence electrons. The van der Waals surface area contributed by atoms with Crippen molar-refractivity contribution in [1.29, 1.82) is 0 Å². The maximum absolute atomic E-state index is 11.3. The first-order valence-corrected chi connectivity index (χ1v) is 6.64. The number of anilines is 1. The number of rotatable bonds is 6. The molecule has 0 fully saturated rings. The standard InChI is InChI=1S/C15H20N2O2/c1-11(18)5-7-17(2)8-6-12-3-4-14-13(9-12)10-15(19)16-14/h3-4,9H,5-8,10H2,1-2H3,(H,16,19). The van der Waals surface area contributed by atoms with Crippen molar-refractivity contribution in [1.82, 2.24) is 4.90 Å². The van der Waals surface area contributed by atoms with Crippen LogP contribution in [0.25, 0.3) is 0 Å². The summed E-state index contributed by atoms with van der Waals surface area (Å²) in [6, 6.07) is 6.14. The number of hydrogen-bond acceptors (Lipinski definition) is 3. The normalized spacial score (nSPS) is 13.5. The quantitative estimate of drug-likeness (QED) is 0.846. The molecule has 19 heavy (non-hydrogen) atoms. The molecule has 1 heterocycles. The molecule has 0 saturated carbocycles. The Hall–Kier alpha value is -1.68. The van der Waals surface area contributed by atoms with Gasteiger partial charge in [-0.1, -0.05) is 12.1 Å². The van der Waals surface area contributed by atoms with Crippen molar-refractivity contribution in [3.05, 3.63) is 29.3 Å². The molecule has 4 heteroatoms. The number of carbonyl (C=O) groups excluding carboxylic acids is 2. The zero-order valence-electron chi connectivity index (χ0n) is 11.5. The molecular formula is C15H20N2O2. The fourth-order valence-corrected chi connectivity index (χ4v) is 2.22. The highest BCUT2D eigenvalue weighted by molar-refractivity contribution is 5.99. The van der Waals surface area contributed by atoms with E-state index in [9.17, 15) is 9.59 Å². The van der Waals surface area contributed by atoms with E-state index in [0.29, 0.717) is 12.8 Å². The summed E-state index contributed by atoms with van der Waals surface area (Å²) in [7, 11) is 2.03. The molecule has 1 aromatic rings. The van der Waals surface area contributed by atoms with Crippen LogP contribution in [0.4, 0.5) is 5.69 Å². The molecule has 0 bridgehead atoms. The van der Waals surface area contributed by atoms with Crippen molar-refractivity contribution in [2.45, 2.75) is 26.2 Å². The van der Waals surface area contributed by atoms with Crippen molar-refractivity contribution in [3.63, 3.8) is 0 Å². The van der Waals surface area contributed by atoms with Gasteiger partial charge in [0.25, 0.3) is 0 Å². The van der Waals surface area contributed by atoms with Gasteiger partial charge in [0.15, 0.2) is 0 Å². The molecule has 0 unspecified atom stereocenters. The number of Topliss-reactive ketones (excluding diaryl/α,β-unsaturated/α-hetero) is 1. The SMILES string of the molecule is CC(=O)CCN(C)CCc1ccc2c(c1)CC(=O)N2. The monoisotopic (exact) mass is 260 g/mol. The van der Waals surface area contributed by atoms with Gasteiger partial charge in [0, 0.05) is 25.2 Å². The first-order valence-electron chi connectivity index (χ1n) is 6.64. The summed E-state index contributed by atoms with van der Waals surface area (Å²) in [5, 5.41) is 2.84. The number of hydrogen-bond donors (Lipinski definition) is 1. The van der Waals surface area contributed by atoms with Crippen LogP contribution in [0.1, 0.15) is 24.5 Å². The van der Waals surface area contributed by atoms with Crippen LogP contribution in [0.15, 0.2) is 18.2 Å². The molecule has 0 radical (unpaired) electrons. The number of carbonyl (C=O) groups is 2. The number of amides is 1. The van der Waals surface area contributed by atoms with Gasteiger partial charge in [0.05, 0.1) is 6.42 Å². The minimum Gasteiger partial charge on any atom is -0.326 e. The van der Waals surface area contributed by atoms with Gasteiger partial charge in [-0.2, -0.15) is 0 Å². The number of nitrogens with one attached hydrogen (secondary N) is 1. The molecule has 2 rings (SSSR count). The number of ketones is 1. The van der Waals surface area contributed by atoms with E-state index < -0.39 is 0 Å². The van der Waals surface area contributed by atoms with Crippen LogP contribution in [0.2, 0.25) is 0 Å². The highest BCUT2D eigenvalue weighted by Gasteiger charge is 2.17. The topological polar surface area (TPSA) is 49.4 Å². The summed E-state index contributed by atoms with van der Waals surface area (Å²) in [6.45, 7) is 3.35. The van der Waals surface area contributed by atoms with Crippen LogP contribution in [0, 0.1) is 0 Å². The van der Waals surface area contributed by atoms with E-state index in [2.05, 4.69) is 22.3 Å². The zero-order chi connectivity index (χ0) is 13.8. The molecule has 1 N–H and O–H groups in total.